The van der Waals surface area contributed by atoms with Gasteiger partial charge in [0.15, 0.2) is 0 Å². The van der Waals surface area contributed by atoms with Crippen LogP contribution in [-0.4, -0.2) is 47.2 Å². The lowest BCUT2D eigenvalue weighted by atomic mass is 10.1. The van der Waals surface area contributed by atoms with Gasteiger partial charge in [0, 0.05) is 39.1 Å². The summed E-state index contributed by atoms with van der Waals surface area (Å²) >= 11 is 0. The van der Waals surface area contributed by atoms with E-state index in [4.69, 9.17) is 9.15 Å². The Bertz CT molecular complexity index is 649. The average Bonchev–Trinajstić information content (AvgIpc) is 3.16. The molecule has 7 heteroatoms. The second kappa shape index (κ2) is 6.33. The van der Waals surface area contributed by atoms with Crippen LogP contribution < -0.4 is 5.32 Å². The molecule has 0 amide bonds. The normalized spacial score (nSPS) is 19.3. The predicted octanol–water partition coefficient (Wildman–Crippen LogP) is 0.946. The van der Waals surface area contributed by atoms with Crippen molar-refractivity contribution in [1.82, 2.24) is 19.8 Å². The molecule has 1 fully saturated rings. The van der Waals surface area contributed by atoms with Crippen molar-refractivity contribution < 1.29 is 13.9 Å². The van der Waals surface area contributed by atoms with Crippen molar-refractivity contribution in [2.75, 3.05) is 26.7 Å². The molecule has 7 nitrogen and oxygen atoms in total. The number of ether oxygens (including phenoxy) is 1. The zero-order valence-electron chi connectivity index (χ0n) is 12.8. The number of furan rings is 1. The van der Waals surface area contributed by atoms with Crippen molar-refractivity contribution >= 4 is 5.97 Å². The molecule has 1 aliphatic rings. The van der Waals surface area contributed by atoms with E-state index in [0.29, 0.717) is 12.1 Å². The topological polar surface area (TPSA) is 72.5 Å². The fourth-order valence-electron chi connectivity index (χ4n) is 2.78. The fraction of sp³-hybridized carbons (Fsp3) is 0.467. The first-order valence-corrected chi connectivity index (χ1v) is 7.26. The van der Waals surface area contributed by atoms with Gasteiger partial charge in [-0.15, -0.1) is 0 Å². The molecule has 2 aromatic heterocycles. The summed E-state index contributed by atoms with van der Waals surface area (Å²) in [6.45, 7) is 3.29. The van der Waals surface area contributed by atoms with E-state index < -0.39 is 0 Å². The standard InChI is InChI=1S/C15H20N4O3/c1-18-5-4-17-14(18)13-8-16-3-6-19(13)9-12-7-11(10-22-12)15(20)21-2/h4-5,7,10,13,16H,3,6,8-9H2,1-2H3. The van der Waals surface area contributed by atoms with Gasteiger partial charge in [0.05, 0.1) is 25.3 Å². The van der Waals surface area contributed by atoms with E-state index in [1.54, 1.807) is 6.07 Å². The minimum absolute atomic E-state index is 0.181. The number of imidazole rings is 1. The summed E-state index contributed by atoms with van der Waals surface area (Å²) in [5, 5.41) is 3.40. The number of aryl methyl sites for hydroxylation is 1. The molecule has 2 aromatic rings. The van der Waals surface area contributed by atoms with Crippen LogP contribution in [0.25, 0.3) is 0 Å². The number of methoxy groups -OCH3 is 1. The highest BCUT2D eigenvalue weighted by molar-refractivity contribution is 5.88. The Labute approximate surface area is 128 Å². The van der Waals surface area contributed by atoms with Crippen LogP contribution in [0.2, 0.25) is 0 Å². The van der Waals surface area contributed by atoms with Gasteiger partial charge >= 0.3 is 5.97 Å². The van der Waals surface area contributed by atoms with Crippen molar-refractivity contribution in [3.05, 3.63) is 41.9 Å². The largest absolute Gasteiger partial charge is 0.467 e. The number of esters is 1. The molecule has 1 aliphatic heterocycles. The highest BCUT2D eigenvalue weighted by Crippen LogP contribution is 2.23. The molecule has 0 aromatic carbocycles. The smallest absolute Gasteiger partial charge is 0.341 e. The highest BCUT2D eigenvalue weighted by Gasteiger charge is 2.27. The molecule has 1 N–H and O–H groups in total. The number of nitrogens with one attached hydrogen (secondary N) is 1. The van der Waals surface area contributed by atoms with Gasteiger partial charge < -0.3 is 19.0 Å². The zero-order valence-corrected chi connectivity index (χ0v) is 12.8. The first-order chi connectivity index (χ1) is 10.7. The monoisotopic (exact) mass is 304 g/mol. The van der Waals surface area contributed by atoms with Crippen LogP contribution in [0.15, 0.2) is 29.1 Å². The zero-order chi connectivity index (χ0) is 15.5. The molecule has 1 saturated heterocycles. The van der Waals surface area contributed by atoms with Crippen molar-refractivity contribution in [3.63, 3.8) is 0 Å². The number of rotatable bonds is 4. The molecule has 118 valence electrons. The van der Waals surface area contributed by atoms with Gasteiger partial charge in [-0.25, -0.2) is 9.78 Å². The maximum atomic E-state index is 11.5. The van der Waals surface area contributed by atoms with E-state index in [1.807, 2.05) is 24.0 Å². The summed E-state index contributed by atoms with van der Waals surface area (Å²) in [7, 11) is 3.36. The number of carbonyl (C=O) groups is 1. The highest BCUT2D eigenvalue weighted by atomic mass is 16.5. The van der Waals surface area contributed by atoms with E-state index in [2.05, 4.69) is 15.2 Å². The lowest BCUT2D eigenvalue weighted by Crippen LogP contribution is -2.46. The number of hydrogen-bond acceptors (Lipinski definition) is 6. The van der Waals surface area contributed by atoms with Gasteiger partial charge in [-0.1, -0.05) is 0 Å². The van der Waals surface area contributed by atoms with Gasteiger partial charge in [-0.3, -0.25) is 4.90 Å². The third-order valence-corrected chi connectivity index (χ3v) is 3.94. The lowest BCUT2D eigenvalue weighted by Gasteiger charge is -2.35. The van der Waals surface area contributed by atoms with Gasteiger partial charge in [-0.05, 0) is 6.07 Å². The fourth-order valence-corrected chi connectivity index (χ4v) is 2.78. The van der Waals surface area contributed by atoms with Crippen molar-refractivity contribution in [3.8, 4) is 0 Å². The van der Waals surface area contributed by atoms with Crippen LogP contribution in [0.1, 0.15) is 28.0 Å². The molecule has 3 heterocycles. The molecule has 0 radical (unpaired) electrons. The van der Waals surface area contributed by atoms with E-state index in [-0.39, 0.29) is 12.0 Å². The number of hydrogen-bond donors (Lipinski definition) is 1. The first kappa shape index (κ1) is 14.8. The van der Waals surface area contributed by atoms with E-state index >= 15 is 0 Å². The van der Waals surface area contributed by atoms with Crippen LogP contribution in [0.3, 0.4) is 0 Å². The Morgan fingerprint density at radius 3 is 3.18 bits per heavy atom. The summed E-state index contributed by atoms with van der Waals surface area (Å²) in [5.41, 5.74) is 0.446. The molecule has 1 atom stereocenters. The molecule has 0 spiro atoms. The Hall–Kier alpha value is -2.12. The molecular weight excluding hydrogens is 284 g/mol. The van der Waals surface area contributed by atoms with E-state index in [1.165, 1.54) is 13.4 Å². The van der Waals surface area contributed by atoms with Crippen LogP contribution >= 0.6 is 0 Å². The average molecular weight is 304 g/mol. The summed E-state index contributed by atoms with van der Waals surface area (Å²) in [5.74, 6) is 1.39. The Kier molecular flexibility index (Phi) is 4.26. The van der Waals surface area contributed by atoms with Crippen LogP contribution in [0.5, 0.6) is 0 Å². The molecule has 22 heavy (non-hydrogen) atoms. The lowest BCUT2D eigenvalue weighted by molar-refractivity contribution is 0.0600. The van der Waals surface area contributed by atoms with Crippen molar-refractivity contribution in [2.24, 2.45) is 7.05 Å². The van der Waals surface area contributed by atoms with Gasteiger partial charge in [0.1, 0.15) is 17.8 Å². The number of aromatic nitrogens is 2. The molecule has 3 rings (SSSR count). The first-order valence-electron chi connectivity index (χ1n) is 7.26. The minimum Gasteiger partial charge on any atom is -0.467 e. The summed E-state index contributed by atoms with van der Waals surface area (Å²) in [6, 6.07) is 1.92. The van der Waals surface area contributed by atoms with E-state index in [0.717, 1.165) is 31.2 Å². The quantitative estimate of drug-likeness (QED) is 0.848. The Morgan fingerprint density at radius 2 is 2.45 bits per heavy atom. The molecule has 0 aliphatic carbocycles. The van der Waals surface area contributed by atoms with Crippen LogP contribution in [0.4, 0.5) is 0 Å². The predicted molar refractivity (Wildman–Crippen MR) is 79.3 cm³/mol. The second-order valence-corrected chi connectivity index (χ2v) is 5.38. The third kappa shape index (κ3) is 2.90. The Balaban J connectivity index is 1.76. The van der Waals surface area contributed by atoms with Gasteiger partial charge in [0.25, 0.3) is 0 Å². The van der Waals surface area contributed by atoms with Crippen molar-refractivity contribution in [1.29, 1.82) is 0 Å². The van der Waals surface area contributed by atoms with E-state index in [9.17, 15) is 4.79 Å². The van der Waals surface area contributed by atoms with Gasteiger partial charge in [-0.2, -0.15) is 0 Å². The number of carbonyl (C=O) groups excluding carboxylic acids is 1. The summed E-state index contributed by atoms with van der Waals surface area (Å²) in [6.07, 6.45) is 5.20. The maximum absolute atomic E-state index is 11.5. The second-order valence-electron chi connectivity index (χ2n) is 5.38. The van der Waals surface area contributed by atoms with Crippen LogP contribution in [0, 0.1) is 0 Å². The third-order valence-electron chi connectivity index (χ3n) is 3.94. The number of nitrogens with zero attached hydrogens (tertiary/aromatic N) is 3. The molecule has 1 unspecified atom stereocenters. The van der Waals surface area contributed by atoms with Crippen LogP contribution in [-0.2, 0) is 18.3 Å². The molecular formula is C15H20N4O3. The maximum Gasteiger partial charge on any atom is 0.341 e. The van der Waals surface area contributed by atoms with Gasteiger partial charge in [0.2, 0.25) is 0 Å². The van der Waals surface area contributed by atoms with Crippen molar-refractivity contribution in [2.45, 2.75) is 12.6 Å². The summed E-state index contributed by atoms with van der Waals surface area (Å²) < 4.78 is 12.2. The Morgan fingerprint density at radius 1 is 1.59 bits per heavy atom. The molecule has 0 bridgehead atoms. The summed E-state index contributed by atoms with van der Waals surface area (Å²) in [4.78, 5) is 18.3. The SMILES string of the molecule is COC(=O)c1coc(CN2CCNCC2c2nccn2C)c1. The minimum atomic E-state index is -0.379. The molecule has 0 saturated carbocycles. The number of piperazine rings is 1.